The standard InChI is InChI=1S/C51H32N4S/c1-4-14-33(15-5-1)35-24-26-37(27-25-35)50-52-49(36-18-8-3-9-19-36)53-51(54-50)40-21-11-13-23-45(40)55-44-22-12-10-20-39(44)41-31-43-42-30-38(34-16-6-2-7-17-34)28-29-47(42)56-48(43)32-46(41)55/h1-32H. The summed E-state index contributed by atoms with van der Waals surface area (Å²) in [7, 11) is 0. The fourth-order valence-corrected chi connectivity index (χ4v) is 9.05. The van der Waals surface area contributed by atoms with Gasteiger partial charge in [-0.2, -0.15) is 0 Å². The van der Waals surface area contributed by atoms with Gasteiger partial charge in [-0.1, -0.05) is 152 Å². The van der Waals surface area contributed by atoms with E-state index >= 15 is 0 Å². The van der Waals surface area contributed by atoms with E-state index in [-0.39, 0.29) is 0 Å². The Bertz CT molecular complexity index is 3220. The molecule has 0 atom stereocenters. The predicted molar refractivity (Wildman–Crippen MR) is 234 cm³/mol. The van der Waals surface area contributed by atoms with Gasteiger partial charge in [0.1, 0.15) is 0 Å². The Morgan fingerprint density at radius 1 is 0.321 bits per heavy atom. The van der Waals surface area contributed by atoms with Crippen LogP contribution in [0.3, 0.4) is 0 Å². The van der Waals surface area contributed by atoms with Gasteiger partial charge < -0.3 is 4.57 Å². The monoisotopic (exact) mass is 732 g/mol. The van der Waals surface area contributed by atoms with Crippen LogP contribution in [0, 0.1) is 0 Å². The Morgan fingerprint density at radius 3 is 1.57 bits per heavy atom. The van der Waals surface area contributed by atoms with E-state index in [1.807, 2.05) is 35.6 Å². The highest BCUT2D eigenvalue weighted by Gasteiger charge is 2.20. The summed E-state index contributed by atoms with van der Waals surface area (Å²) in [4.78, 5) is 15.4. The van der Waals surface area contributed by atoms with Crippen LogP contribution >= 0.6 is 11.3 Å². The van der Waals surface area contributed by atoms with Crippen molar-refractivity contribution in [3.05, 3.63) is 194 Å². The van der Waals surface area contributed by atoms with Gasteiger partial charge >= 0.3 is 0 Å². The van der Waals surface area contributed by atoms with E-state index < -0.39 is 0 Å². The summed E-state index contributed by atoms with van der Waals surface area (Å²) in [6.45, 7) is 0. The Hall–Kier alpha value is -7.21. The zero-order chi connectivity index (χ0) is 37.0. The third kappa shape index (κ3) is 5.48. The van der Waals surface area contributed by atoms with E-state index in [4.69, 9.17) is 15.0 Å². The Labute approximate surface area is 327 Å². The van der Waals surface area contributed by atoms with Crippen molar-refractivity contribution in [1.29, 1.82) is 0 Å². The molecule has 0 amide bonds. The minimum atomic E-state index is 0.624. The maximum absolute atomic E-state index is 5.21. The maximum Gasteiger partial charge on any atom is 0.166 e. The molecule has 3 heterocycles. The fraction of sp³-hybridized carbons (Fsp3) is 0. The first kappa shape index (κ1) is 32.2. The lowest BCUT2D eigenvalue weighted by Gasteiger charge is -2.14. The molecule has 0 aliphatic carbocycles. The lowest BCUT2D eigenvalue weighted by atomic mass is 10.0. The first-order valence-electron chi connectivity index (χ1n) is 18.8. The van der Waals surface area contributed by atoms with E-state index in [1.54, 1.807) is 0 Å². The first-order valence-corrected chi connectivity index (χ1v) is 19.6. The van der Waals surface area contributed by atoms with Crippen LogP contribution in [-0.2, 0) is 0 Å². The molecule has 5 heteroatoms. The molecule has 0 bridgehead atoms. The lowest BCUT2D eigenvalue weighted by molar-refractivity contribution is 1.06. The van der Waals surface area contributed by atoms with Crippen molar-refractivity contribution in [3.8, 4) is 62.1 Å². The Morgan fingerprint density at radius 2 is 0.839 bits per heavy atom. The van der Waals surface area contributed by atoms with E-state index in [0.717, 1.165) is 39.0 Å². The highest BCUT2D eigenvalue weighted by molar-refractivity contribution is 7.25. The summed E-state index contributed by atoms with van der Waals surface area (Å²) >= 11 is 1.85. The zero-order valence-corrected chi connectivity index (χ0v) is 31.0. The molecule has 8 aromatic carbocycles. The van der Waals surface area contributed by atoms with Gasteiger partial charge in [-0.15, -0.1) is 11.3 Å². The number of para-hydroxylation sites is 2. The molecule has 0 fully saturated rings. The zero-order valence-electron chi connectivity index (χ0n) is 30.2. The van der Waals surface area contributed by atoms with Crippen molar-refractivity contribution in [1.82, 2.24) is 19.5 Å². The second-order valence-corrected chi connectivity index (χ2v) is 15.1. The summed E-state index contributed by atoms with van der Waals surface area (Å²) in [5, 5.41) is 4.98. The number of hydrogen-bond donors (Lipinski definition) is 0. The highest BCUT2D eigenvalue weighted by atomic mass is 32.1. The van der Waals surface area contributed by atoms with Gasteiger partial charge in [0.25, 0.3) is 0 Å². The predicted octanol–water partition coefficient (Wildman–Crippen LogP) is 13.7. The number of fused-ring (bicyclic) bond motifs is 6. The third-order valence-corrected chi connectivity index (χ3v) is 11.8. The molecule has 4 nitrogen and oxygen atoms in total. The molecule has 0 saturated heterocycles. The molecule has 0 spiro atoms. The lowest BCUT2D eigenvalue weighted by Crippen LogP contribution is -2.03. The molecule has 11 aromatic rings. The molecular formula is C51H32N4S. The molecule has 0 aliphatic rings. The molecule has 11 rings (SSSR count). The number of benzene rings is 8. The second-order valence-electron chi connectivity index (χ2n) is 14.0. The summed E-state index contributed by atoms with van der Waals surface area (Å²) in [6, 6.07) is 68.5. The van der Waals surface area contributed by atoms with E-state index in [1.165, 1.54) is 47.6 Å². The highest BCUT2D eigenvalue weighted by Crippen LogP contribution is 2.43. The molecule has 0 unspecified atom stereocenters. The third-order valence-electron chi connectivity index (χ3n) is 10.7. The first-order chi connectivity index (χ1) is 27.7. The quantitative estimate of drug-likeness (QED) is 0.171. The smallest absolute Gasteiger partial charge is 0.166 e. The maximum atomic E-state index is 5.21. The topological polar surface area (TPSA) is 43.6 Å². The van der Waals surface area contributed by atoms with Crippen LogP contribution in [0.1, 0.15) is 0 Å². The van der Waals surface area contributed by atoms with Crippen molar-refractivity contribution in [2.45, 2.75) is 0 Å². The largest absolute Gasteiger partial charge is 0.308 e. The number of aromatic nitrogens is 4. The minimum Gasteiger partial charge on any atom is -0.308 e. The number of thiophene rings is 1. The van der Waals surface area contributed by atoms with Crippen LogP contribution in [0.2, 0.25) is 0 Å². The van der Waals surface area contributed by atoms with Crippen molar-refractivity contribution < 1.29 is 0 Å². The van der Waals surface area contributed by atoms with Gasteiger partial charge in [0.15, 0.2) is 17.5 Å². The van der Waals surface area contributed by atoms with Crippen molar-refractivity contribution in [3.63, 3.8) is 0 Å². The molecule has 262 valence electrons. The van der Waals surface area contributed by atoms with Gasteiger partial charge in [0.2, 0.25) is 0 Å². The summed E-state index contributed by atoms with van der Waals surface area (Å²) in [6.07, 6.45) is 0. The molecule has 3 aromatic heterocycles. The average Bonchev–Trinajstić information content (AvgIpc) is 3.80. The summed E-state index contributed by atoms with van der Waals surface area (Å²) in [5.74, 6) is 1.89. The average molecular weight is 733 g/mol. The fourth-order valence-electron chi connectivity index (χ4n) is 7.95. The van der Waals surface area contributed by atoms with Crippen LogP contribution in [0.5, 0.6) is 0 Å². The van der Waals surface area contributed by atoms with Gasteiger partial charge in [-0.05, 0) is 64.7 Å². The van der Waals surface area contributed by atoms with E-state index in [0.29, 0.717) is 17.5 Å². The number of hydrogen-bond acceptors (Lipinski definition) is 4. The second kappa shape index (κ2) is 13.3. The normalized spacial score (nSPS) is 11.6. The van der Waals surface area contributed by atoms with E-state index in [9.17, 15) is 0 Å². The van der Waals surface area contributed by atoms with Gasteiger partial charge in [0.05, 0.1) is 16.7 Å². The summed E-state index contributed by atoms with van der Waals surface area (Å²) < 4.78 is 4.93. The molecule has 56 heavy (non-hydrogen) atoms. The van der Waals surface area contributed by atoms with Crippen LogP contribution in [0.4, 0.5) is 0 Å². The molecule has 0 aliphatic heterocycles. The molecular weight excluding hydrogens is 701 g/mol. The Balaban J connectivity index is 1.11. The van der Waals surface area contributed by atoms with E-state index in [2.05, 4.69) is 174 Å². The molecule has 0 radical (unpaired) electrons. The SMILES string of the molecule is c1ccc(-c2ccc(-c3nc(-c4ccccc4)nc(-c4ccccc4-n4c5ccccc5c5cc6c(cc54)sc4ccc(-c5ccccc5)cc46)n3)cc2)cc1. The van der Waals surface area contributed by atoms with Gasteiger partial charge in [0, 0.05) is 47.6 Å². The van der Waals surface area contributed by atoms with Crippen molar-refractivity contribution in [2.24, 2.45) is 0 Å². The summed E-state index contributed by atoms with van der Waals surface area (Å²) in [5.41, 5.74) is 10.9. The van der Waals surface area contributed by atoms with Crippen LogP contribution in [0.25, 0.3) is 104 Å². The van der Waals surface area contributed by atoms with Gasteiger partial charge in [-0.25, -0.2) is 15.0 Å². The van der Waals surface area contributed by atoms with Gasteiger partial charge in [-0.3, -0.25) is 0 Å². The molecule has 0 N–H and O–H groups in total. The molecule has 0 saturated carbocycles. The minimum absolute atomic E-state index is 0.624. The van der Waals surface area contributed by atoms with Crippen LogP contribution in [0.15, 0.2) is 194 Å². The Kier molecular flexibility index (Phi) is 7.64. The van der Waals surface area contributed by atoms with Crippen LogP contribution in [-0.4, -0.2) is 19.5 Å². The number of nitrogens with zero attached hydrogens (tertiary/aromatic N) is 4. The van der Waals surface area contributed by atoms with Crippen molar-refractivity contribution in [2.75, 3.05) is 0 Å². The van der Waals surface area contributed by atoms with Crippen LogP contribution < -0.4 is 0 Å². The number of rotatable bonds is 6. The van der Waals surface area contributed by atoms with Crippen molar-refractivity contribution >= 4 is 53.3 Å².